The van der Waals surface area contributed by atoms with Crippen molar-refractivity contribution in [3.8, 4) is 5.75 Å². The number of piperidine rings is 1. The van der Waals surface area contributed by atoms with Crippen LogP contribution in [-0.4, -0.2) is 57.3 Å². The number of benzene rings is 2. The zero-order valence-corrected chi connectivity index (χ0v) is 20.8. The Morgan fingerprint density at radius 2 is 1.92 bits per heavy atom. The number of fused-ring (bicyclic) bond motifs is 3. The molecule has 3 aromatic rings. The van der Waals surface area contributed by atoms with Crippen LogP contribution in [0, 0.1) is 5.82 Å². The Hall–Kier alpha value is -3.18. The largest absolute Gasteiger partial charge is 0.492 e. The molecule has 1 spiro atoms. The van der Waals surface area contributed by atoms with Gasteiger partial charge in [0.05, 0.1) is 33.9 Å². The minimum atomic E-state index is -4.60. The molecule has 0 unspecified atom stereocenters. The molecule has 1 saturated carbocycles. The van der Waals surface area contributed by atoms with Gasteiger partial charge in [-0.05, 0) is 75.5 Å². The molecule has 2 aromatic carbocycles. The summed E-state index contributed by atoms with van der Waals surface area (Å²) in [5, 5.41) is 12.9. The van der Waals surface area contributed by atoms with Gasteiger partial charge in [-0.25, -0.2) is 9.37 Å². The van der Waals surface area contributed by atoms with Crippen molar-refractivity contribution in [3.63, 3.8) is 0 Å². The lowest BCUT2D eigenvalue weighted by molar-refractivity contribution is -0.136. The van der Waals surface area contributed by atoms with Crippen molar-refractivity contribution in [3.05, 3.63) is 53.6 Å². The van der Waals surface area contributed by atoms with Gasteiger partial charge in [-0.15, -0.1) is 0 Å². The van der Waals surface area contributed by atoms with E-state index in [0.717, 1.165) is 6.07 Å². The summed E-state index contributed by atoms with van der Waals surface area (Å²) >= 11 is 0. The van der Waals surface area contributed by atoms with Crippen LogP contribution in [0.4, 0.5) is 23.2 Å². The van der Waals surface area contributed by atoms with Gasteiger partial charge in [-0.3, -0.25) is 9.69 Å². The Kier molecular flexibility index (Phi) is 5.73. The van der Waals surface area contributed by atoms with Crippen molar-refractivity contribution in [1.29, 1.82) is 0 Å². The highest BCUT2D eigenvalue weighted by atomic mass is 19.4. The van der Waals surface area contributed by atoms with Crippen molar-refractivity contribution in [1.82, 2.24) is 14.5 Å². The molecule has 0 bridgehead atoms. The van der Waals surface area contributed by atoms with Crippen LogP contribution in [0.25, 0.3) is 11.0 Å². The molecule has 1 amide bonds. The highest BCUT2D eigenvalue weighted by molar-refractivity contribution is 6.06. The monoisotopic (exact) mass is 532 g/mol. The molecule has 2 fully saturated rings. The summed E-state index contributed by atoms with van der Waals surface area (Å²) < 4.78 is 63.1. The van der Waals surface area contributed by atoms with Crippen molar-refractivity contribution in [2.75, 3.05) is 31.6 Å². The summed E-state index contributed by atoms with van der Waals surface area (Å²) in [6.45, 7) is 3.46. The zero-order valence-electron chi connectivity index (χ0n) is 20.8. The Balaban J connectivity index is 1.12. The molecular formula is C27H28F4N4O3. The number of anilines is 1. The lowest BCUT2D eigenvalue weighted by Gasteiger charge is -2.41. The number of amides is 1. The molecule has 3 aliphatic rings. The minimum Gasteiger partial charge on any atom is -0.492 e. The van der Waals surface area contributed by atoms with Crippen LogP contribution in [0.3, 0.4) is 0 Å². The standard InChI is InChI=1S/C27H28F4N4O3/c1-25(37)13-17(14-25)35-15-32-22-12-18(11-20(23(22)35)27(29,30)31)38-9-8-34-6-4-26(5-7-34)19-10-16(28)2-3-21(19)33-24(26)36/h2-3,10-12,15,17,37H,4-9,13-14H2,1H3,(H,33,36). The van der Waals surface area contributed by atoms with Crippen molar-refractivity contribution in [2.24, 2.45) is 0 Å². The van der Waals surface area contributed by atoms with E-state index in [2.05, 4.69) is 15.2 Å². The predicted octanol–water partition coefficient (Wildman–Crippen LogP) is 4.64. The van der Waals surface area contributed by atoms with E-state index < -0.39 is 22.8 Å². The van der Waals surface area contributed by atoms with Gasteiger partial charge >= 0.3 is 6.18 Å². The lowest BCUT2D eigenvalue weighted by atomic mass is 9.73. The molecule has 0 radical (unpaired) electrons. The predicted molar refractivity (Wildman–Crippen MR) is 132 cm³/mol. The molecular weight excluding hydrogens is 504 g/mol. The molecule has 1 aliphatic carbocycles. The quantitative estimate of drug-likeness (QED) is 0.468. The SMILES string of the molecule is CC1(O)CC(n2cnc3cc(OCCN4CCC5(CC4)C(=O)Nc4ccc(F)cc45)cc(C(F)(F)F)c32)C1. The third-order valence-corrected chi connectivity index (χ3v) is 8.26. The second kappa shape index (κ2) is 8.67. The van der Waals surface area contributed by atoms with Gasteiger partial charge in [-0.1, -0.05) is 0 Å². The normalized spacial score (nSPS) is 24.9. The van der Waals surface area contributed by atoms with Gasteiger partial charge in [0.25, 0.3) is 0 Å². The van der Waals surface area contributed by atoms with Gasteiger partial charge in [0, 0.05) is 24.3 Å². The maximum absolute atomic E-state index is 14.0. The first-order valence-electron chi connectivity index (χ1n) is 12.7. The maximum atomic E-state index is 14.0. The number of carbonyl (C=O) groups excluding carboxylic acids is 1. The molecule has 38 heavy (non-hydrogen) atoms. The number of halogens is 4. The van der Waals surface area contributed by atoms with Crippen molar-refractivity contribution >= 4 is 22.6 Å². The number of ether oxygens (including phenoxy) is 1. The summed E-state index contributed by atoms with van der Waals surface area (Å²) in [5.41, 5.74) is -0.915. The zero-order chi connectivity index (χ0) is 26.9. The van der Waals surface area contributed by atoms with Crippen LogP contribution in [0.5, 0.6) is 5.75 Å². The van der Waals surface area contributed by atoms with Crippen LogP contribution in [0.15, 0.2) is 36.7 Å². The maximum Gasteiger partial charge on any atom is 0.418 e. The number of imidazole rings is 1. The van der Waals surface area contributed by atoms with Crippen LogP contribution in [0.2, 0.25) is 0 Å². The van der Waals surface area contributed by atoms with E-state index in [0.29, 0.717) is 56.6 Å². The molecule has 3 heterocycles. The van der Waals surface area contributed by atoms with E-state index in [4.69, 9.17) is 4.74 Å². The summed E-state index contributed by atoms with van der Waals surface area (Å²) in [6.07, 6.45) is -1.42. The minimum absolute atomic E-state index is 0.00163. The molecule has 2 N–H and O–H groups in total. The number of alkyl halides is 3. The first-order chi connectivity index (χ1) is 18.0. The number of rotatable bonds is 5. The van der Waals surface area contributed by atoms with E-state index in [1.165, 1.54) is 29.1 Å². The molecule has 7 nitrogen and oxygen atoms in total. The molecule has 6 rings (SSSR count). The number of carbonyl (C=O) groups is 1. The van der Waals surface area contributed by atoms with Crippen LogP contribution < -0.4 is 10.1 Å². The number of hydrogen-bond acceptors (Lipinski definition) is 5. The van der Waals surface area contributed by atoms with Crippen LogP contribution in [-0.2, 0) is 16.4 Å². The number of nitrogens with one attached hydrogen (secondary N) is 1. The smallest absolute Gasteiger partial charge is 0.418 e. The summed E-state index contributed by atoms with van der Waals surface area (Å²) in [7, 11) is 0. The molecule has 2 aliphatic heterocycles. The van der Waals surface area contributed by atoms with E-state index in [1.54, 1.807) is 13.0 Å². The highest BCUT2D eigenvalue weighted by Gasteiger charge is 2.48. The van der Waals surface area contributed by atoms with Crippen molar-refractivity contribution < 1.29 is 32.2 Å². The van der Waals surface area contributed by atoms with Gasteiger partial charge in [0.15, 0.2) is 0 Å². The van der Waals surface area contributed by atoms with Crippen LogP contribution in [0.1, 0.15) is 49.8 Å². The number of likely N-dealkylation sites (tertiary alicyclic amines) is 1. The Morgan fingerprint density at radius 3 is 2.61 bits per heavy atom. The van der Waals surface area contributed by atoms with Gasteiger partial charge in [0.2, 0.25) is 5.91 Å². The number of nitrogens with zero attached hydrogens (tertiary/aromatic N) is 3. The fourth-order valence-corrected chi connectivity index (χ4v) is 6.21. The summed E-state index contributed by atoms with van der Waals surface area (Å²) in [5.74, 6) is -0.411. The second-order valence-electron chi connectivity index (χ2n) is 11.0. The van der Waals surface area contributed by atoms with Gasteiger partial charge in [0.1, 0.15) is 18.2 Å². The van der Waals surface area contributed by atoms with E-state index in [-0.39, 0.29) is 41.2 Å². The average Bonchev–Trinajstić information content (AvgIpc) is 3.37. The molecule has 202 valence electrons. The lowest BCUT2D eigenvalue weighted by Crippen LogP contribution is -2.47. The molecule has 1 aromatic heterocycles. The second-order valence-corrected chi connectivity index (χ2v) is 11.0. The van der Waals surface area contributed by atoms with Gasteiger partial charge in [-0.2, -0.15) is 13.2 Å². The average molecular weight is 533 g/mol. The third kappa shape index (κ3) is 4.21. The molecule has 1 saturated heterocycles. The Labute approximate surface area is 216 Å². The van der Waals surface area contributed by atoms with E-state index in [1.807, 2.05) is 0 Å². The topological polar surface area (TPSA) is 79.6 Å². The number of hydrogen-bond donors (Lipinski definition) is 2. The van der Waals surface area contributed by atoms with E-state index in [9.17, 15) is 27.5 Å². The fourth-order valence-electron chi connectivity index (χ4n) is 6.21. The number of aromatic nitrogens is 2. The Morgan fingerprint density at radius 1 is 1.18 bits per heavy atom. The first kappa shape index (κ1) is 25.1. The Bertz CT molecular complexity index is 1400. The van der Waals surface area contributed by atoms with Gasteiger partial charge < -0.3 is 19.7 Å². The van der Waals surface area contributed by atoms with Crippen molar-refractivity contribution in [2.45, 2.75) is 55.8 Å². The fraction of sp³-hybridized carbons (Fsp3) is 0.481. The summed E-state index contributed by atoms with van der Waals surface area (Å²) in [4.78, 5) is 19.0. The first-order valence-corrected chi connectivity index (χ1v) is 12.7. The summed E-state index contributed by atoms with van der Waals surface area (Å²) in [6, 6.07) is 6.62. The highest BCUT2D eigenvalue weighted by Crippen LogP contribution is 2.46. The molecule has 11 heteroatoms. The van der Waals surface area contributed by atoms with Crippen LogP contribution >= 0.6 is 0 Å². The number of aliphatic hydroxyl groups is 1. The van der Waals surface area contributed by atoms with E-state index >= 15 is 0 Å². The molecule has 0 atom stereocenters. The third-order valence-electron chi connectivity index (χ3n) is 8.26.